The molecule has 9 heteroatoms. The number of hydrogen-bond acceptors (Lipinski definition) is 6. The van der Waals surface area contributed by atoms with Gasteiger partial charge in [-0.3, -0.25) is 9.48 Å². The SMILES string of the molecule is CCCN(C)C(=O)OCc1c(-c2ccc(O[C@H]3CCCC(C(=O)O)C3)c(C)n2)cnn1C. The van der Waals surface area contributed by atoms with E-state index in [1.807, 2.05) is 26.0 Å². The number of ether oxygens (including phenoxy) is 2. The van der Waals surface area contributed by atoms with Crippen molar-refractivity contribution in [3.8, 4) is 17.0 Å². The van der Waals surface area contributed by atoms with Crippen LogP contribution in [-0.4, -0.2) is 56.5 Å². The molecule has 0 aliphatic heterocycles. The van der Waals surface area contributed by atoms with Crippen LogP contribution in [0.5, 0.6) is 5.75 Å². The Hall–Kier alpha value is -3.10. The Morgan fingerprint density at radius 2 is 2.09 bits per heavy atom. The third kappa shape index (κ3) is 5.57. The van der Waals surface area contributed by atoms with Gasteiger partial charge in [-0.1, -0.05) is 6.92 Å². The molecule has 32 heavy (non-hydrogen) atoms. The Bertz CT molecular complexity index is 958. The lowest BCUT2D eigenvalue weighted by Crippen LogP contribution is -2.29. The van der Waals surface area contributed by atoms with Crippen LogP contribution in [0.2, 0.25) is 0 Å². The first-order chi connectivity index (χ1) is 15.3. The Morgan fingerprint density at radius 1 is 1.31 bits per heavy atom. The fourth-order valence-corrected chi connectivity index (χ4v) is 3.99. The normalized spacial score (nSPS) is 18.2. The number of aryl methyl sites for hydroxylation is 2. The highest BCUT2D eigenvalue weighted by Gasteiger charge is 2.28. The molecule has 2 aromatic heterocycles. The van der Waals surface area contributed by atoms with Gasteiger partial charge in [0.15, 0.2) is 0 Å². The number of nitrogens with zero attached hydrogens (tertiary/aromatic N) is 4. The molecule has 1 saturated carbocycles. The minimum Gasteiger partial charge on any atom is -0.489 e. The fraction of sp³-hybridized carbons (Fsp3) is 0.565. The summed E-state index contributed by atoms with van der Waals surface area (Å²) < 4.78 is 13.2. The number of amides is 1. The van der Waals surface area contributed by atoms with E-state index >= 15 is 0 Å². The zero-order valence-corrected chi connectivity index (χ0v) is 19.2. The third-order valence-electron chi connectivity index (χ3n) is 5.85. The van der Waals surface area contributed by atoms with Gasteiger partial charge in [0.05, 0.1) is 35.3 Å². The molecule has 1 aliphatic carbocycles. The Morgan fingerprint density at radius 3 is 2.78 bits per heavy atom. The molecular formula is C23H32N4O5. The third-order valence-corrected chi connectivity index (χ3v) is 5.85. The maximum Gasteiger partial charge on any atom is 0.409 e. The molecule has 1 fully saturated rings. The molecule has 0 saturated heterocycles. The summed E-state index contributed by atoms with van der Waals surface area (Å²) in [5.74, 6) is -0.449. The van der Waals surface area contributed by atoms with E-state index in [-0.39, 0.29) is 24.7 Å². The van der Waals surface area contributed by atoms with Crippen molar-refractivity contribution in [1.29, 1.82) is 0 Å². The van der Waals surface area contributed by atoms with Crippen molar-refractivity contribution in [3.63, 3.8) is 0 Å². The van der Waals surface area contributed by atoms with Gasteiger partial charge in [0, 0.05) is 26.2 Å². The Kier molecular flexibility index (Phi) is 7.71. The lowest BCUT2D eigenvalue weighted by molar-refractivity contribution is -0.143. The topological polar surface area (TPSA) is 107 Å². The van der Waals surface area contributed by atoms with E-state index in [4.69, 9.17) is 9.47 Å². The van der Waals surface area contributed by atoms with Crippen LogP contribution in [0.15, 0.2) is 18.3 Å². The monoisotopic (exact) mass is 444 g/mol. The van der Waals surface area contributed by atoms with Crippen LogP contribution in [0.3, 0.4) is 0 Å². The summed E-state index contributed by atoms with van der Waals surface area (Å²) in [6, 6.07) is 3.71. The number of rotatable bonds is 8. The molecule has 0 spiro atoms. The number of carboxylic acids is 1. The van der Waals surface area contributed by atoms with E-state index < -0.39 is 5.97 Å². The maximum atomic E-state index is 12.1. The second-order valence-electron chi connectivity index (χ2n) is 8.33. The molecule has 2 heterocycles. The van der Waals surface area contributed by atoms with Crippen molar-refractivity contribution in [1.82, 2.24) is 19.7 Å². The number of aliphatic carboxylic acids is 1. The fourth-order valence-electron chi connectivity index (χ4n) is 3.99. The lowest BCUT2D eigenvalue weighted by Gasteiger charge is -2.27. The summed E-state index contributed by atoms with van der Waals surface area (Å²) in [5.41, 5.74) is 2.97. The van der Waals surface area contributed by atoms with Crippen molar-refractivity contribution < 1.29 is 24.2 Å². The first-order valence-electron chi connectivity index (χ1n) is 11.1. The van der Waals surface area contributed by atoms with Crippen molar-refractivity contribution in [2.45, 2.75) is 58.7 Å². The van der Waals surface area contributed by atoms with Gasteiger partial charge in [0.2, 0.25) is 0 Å². The van der Waals surface area contributed by atoms with Crippen molar-refractivity contribution in [2.24, 2.45) is 13.0 Å². The molecule has 0 aromatic carbocycles. The first-order valence-corrected chi connectivity index (χ1v) is 11.1. The summed E-state index contributed by atoms with van der Waals surface area (Å²) in [5, 5.41) is 13.6. The molecule has 2 atom stereocenters. The second kappa shape index (κ2) is 10.5. The zero-order chi connectivity index (χ0) is 23.3. The van der Waals surface area contributed by atoms with Crippen molar-refractivity contribution in [2.75, 3.05) is 13.6 Å². The number of aromatic nitrogens is 3. The molecule has 0 radical (unpaired) electrons. The highest BCUT2D eigenvalue weighted by Crippen LogP contribution is 2.31. The molecule has 1 amide bonds. The van der Waals surface area contributed by atoms with Gasteiger partial charge >= 0.3 is 12.1 Å². The van der Waals surface area contributed by atoms with E-state index in [1.54, 1.807) is 29.9 Å². The summed E-state index contributed by atoms with van der Waals surface area (Å²) in [4.78, 5) is 29.7. The van der Waals surface area contributed by atoms with Gasteiger partial charge in [0.1, 0.15) is 12.4 Å². The number of carbonyl (C=O) groups is 2. The van der Waals surface area contributed by atoms with Gasteiger partial charge in [-0.2, -0.15) is 5.10 Å². The minimum atomic E-state index is -0.755. The molecule has 0 bridgehead atoms. The predicted molar refractivity (Wildman–Crippen MR) is 118 cm³/mol. The summed E-state index contributed by atoms with van der Waals surface area (Å²) in [7, 11) is 3.51. The van der Waals surface area contributed by atoms with Gasteiger partial charge in [-0.25, -0.2) is 9.78 Å². The van der Waals surface area contributed by atoms with E-state index in [9.17, 15) is 14.7 Å². The second-order valence-corrected chi connectivity index (χ2v) is 8.33. The molecule has 174 valence electrons. The Labute approximate surface area is 188 Å². The molecule has 1 N–H and O–H groups in total. The number of carboxylic acid groups (broad SMARTS) is 1. The number of hydrogen-bond donors (Lipinski definition) is 1. The quantitative estimate of drug-likeness (QED) is 0.660. The molecular weight excluding hydrogens is 412 g/mol. The number of carbonyl (C=O) groups excluding carboxylic acids is 1. The van der Waals surface area contributed by atoms with Gasteiger partial charge in [-0.05, 0) is 51.2 Å². The van der Waals surface area contributed by atoms with Crippen LogP contribution in [-0.2, 0) is 23.2 Å². The summed E-state index contributed by atoms with van der Waals surface area (Å²) >= 11 is 0. The standard InChI is InChI=1S/C23H32N4O5/c1-5-11-26(3)23(30)31-14-20-18(13-24-27(20)4)19-9-10-21(15(2)25-19)32-17-8-6-7-16(12-17)22(28)29/h9-10,13,16-17H,5-8,11-12,14H2,1-4H3,(H,28,29)/t16?,17-/m0/s1. The predicted octanol–water partition coefficient (Wildman–Crippen LogP) is 3.79. The lowest BCUT2D eigenvalue weighted by atomic mass is 9.87. The smallest absolute Gasteiger partial charge is 0.409 e. The van der Waals surface area contributed by atoms with E-state index in [1.165, 1.54) is 0 Å². The summed E-state index contributed by atoms with van der Waals surface area (Å²) in [6.07, 6.45) is 4.98. The average molecular weight is 445 g/mol. The van der Waals surface area contributed by atoms with Crippen LogP contribution >= 0.6 is 0 Å². The largest absolute Gasteiger partial charge is 0.489 e. The molecule has 1 unspecified atom stereocenters. The highest BCUT2D eigenvalue weighted by molar-refractivity contribution is 5.70. The number of pyridine rings is 1. The van der Waals surface area contributed by atoms with E-state index in [2.05, 4.69) is 10.1 Å². The summed E-state index contributed by atoms with van der Waals surface area (Å²) in [6.45, 7) is 4.60. The van der Waals surface area contributed by atoms with Crippen LogP contribution in [0, 0.1) is 12.8 Å². The van der Waals surface area contributed by atoms with Crippen LogP contribution < -0.4 is 4.74 Å². The first kappa shape index (κ1) is 23.6. The van der Waals surface area contributed by atoms with Crippen molar-refractivity contribution >= 4 is 12.1 Å². The van der Waals surface area contributed by atoms with Crippen LogP contribution in [0.4, 0.5) is 4.79 Å². The molecule has 3 rings (SSSR count). The highest BCUT2D eigenvalue weighted by atomic mass is 16.6. The van der Waals surface area contributed by atoms with Gasteiger partial charge in [-0.15, -0.1) is 0 Å². The average Bonchev–Trinajstić information content (AvgIpc) is 3.14. The van der Waals surface area contributed by atoms with Crippen LogP contribution in [0.25, 0.3) is 11.3 Å². The molecule has 9 nitrogen and oxygen atoms in total. The maximum absolute atomic E-state index is 12.1. The zero-order valence-electron chi connectivity index (χ0n) is 19.2. The minimum absolute atomic E-state index is 0.0936. The van der Waals surface area contributed by atoms with Crippen molar-refractivity contribution in [3.05, 3.63) is 29.7 Å². The van der Waals surface area contributed by atoms with E-state index in [0.29, 0.717) is 30.8 Å². The molecule has 2 aromatic rings. The van der Waals surface area contributed by atoms with E-state index in [0.717, 1.165) is 36.2 Å². The Balaban J connectivity index is 1.71. The molecule has 1 aliphatic rings. The van der Waals surface area contributed by atoms with Gasteiger partial charge in [0.25, 0.3) is 0 Å². The van der Waals surface area contributed by atoms with Crippen LogP contribution in [0.1, 0.15) is 50.4 Å². The van der Waals surface area contributed by atoms with Gasteiger partial charge < -0.3 is 19.5 Å².